The van der Waals surface area contributed by atoms with Crippen molar-refractivity contribution >= 4 is 0 Å². The van der Waals surface area contributed by atoms with Gasteiger partial charge >= 0.3 is 0 Å². The molecule has 4 aromatic rings. The first-order valence-corrected chi connectivity index (χ1v) is 13.5. The summed E-state index contributed by atoms with van der Waals surface area (Å²) in [6.07, 6.45) is -0.592. The molecule has 2 aliphatic heterocycles. The van der Waals surface area contributed by atoms with Gasteiger partial charge in [0.25, 0.3) is 0 Å². The van der Waals surface area contributed by atoms with Gasteiger partial charge in [-0.1, -0.05) is 96.2 Å². The normalized spacial score (nSPS) is 26.3. The Morgan fingerprint density at radius 3 is 2.20 bits per heavy atom. The van der Waals surface area contributed by atoms with E-state index in [4.69, 9.17) is 28.4 Å². The summed E-state index contributed by atoms with van der Waals surface area (Å²) in [6, 6.07) is 29.5. The van der Waals surface area contributed by atoms with Crippen LogP contribution in [0.3, 0.4) is 0 Å². The molecule has 2 saturated heterocycles. The molecule has 0 N–H and O–H groups in total. The summed E-state index contributed by atoms with van der Waals surface area (Å²) in [5, 5.41) is 8.81. The molecule has 1 aromatic heterocycles. The van der Waals surface area contributed by atoms with Crippen molar-refractivity contribution in [2.24, 2.45) is 0 Å². The van der Waals surface area contributed by atoms with Crippen LogP contribution < -0.4 is 0 Å². The van der Waals surface area contributed by atoms with Crippen molar-refractivity contribution in [3.05, 3.63) is 120 Å². The van der Waals surface area contributed by atoms with Crippen LogP contribution in [0.5, 0.6) is 0 Å². The van der Waals surface area contributed by atoms with Crippen molar-refractivity contribution in [1.29, 1.82) is 0 Å². The molecule has 6 rings (SSSR count). The van der Waals surface area contributed by atoms with Gasteiger partial charge in [-0.15, -0.1) is 5.10 Å². The molecule has 3 heterocycles. The topological polar surface area (TPSA) is 86.1 Å². The van der Waals surface area contributed by atoms with Crippen molar-refractivity contribution < 1.29 is 28.4 Å². The number of ether oxygens (including phenoxy) is 6. The fourth-order valence-electron chi connectivity index (χ4n) is 5.14. The molecule has 0 aliphatic carbocycles. The monoisotopic (exact) mass is 543 g/mol. The van der Waals surface area contributed by atoms with E-state index in [2.05, 4.69) is 10.3 Å². The van der Waals surface area contributed by atoms with Crippen LogP contribution in [-0.4, -0.2) is 53.3 Å². The Balaban J connectivity index is 1.24. The molecule has 2 aliphatic rings. The number of nitrogens with zero attached hydrogens (tertiary/aromatic N) is 3. The molecule has 0 spiro atoms. The largest absolute Gasteiger partial charge is 0.370 e. The first kappa shape index (κ1) is 26.8. The molecule has 208 valence electrons. The first-order valence-electron chi connectivity index (χ1n) is 13.5. The second kappa shape index (κ2) is 12.8. The van der Waals surface area contributed by atoms with Gasteiger partial charge < -0.3 is 28.4 Å². The van der Waals surface area contributed by atoms with Crippen molar-refractivity contribution in [2.45, 2.75) is 56.8 Å². The fourth-order valence-corrected chi connectivity index (χ4v) is 5.14. The minimum atomic E-state index is -0.651. The average Bonchev–Trinajstić information content (AvgIpc) is 3.49. The Kier molecular flexibility index (Phi) is 8.58. The number of benzene rings is 3. The number of rotatable bonds is 10. The summed E-state index contributed by atoms with van der Waals surface area (Å²) >= 11 is 0. The highest BCUT2D eigenvalue weighted by Crippen LogP contribution is 2.40. The third-order valence-electron chi connectivity index (χ3n) is 7.12. The second-order valence-electron chi connectivity index (χ2n) is 9.88. The first-order chi connectivity index (χ1) is 19.8. The Morgan fingerprint density at radius 2 is 1.50 bits per heavy atom. The second-order valence-corrected chi connectivity index (χ2v) is 9.88. The van der Waals surface area contributed by atoms with Crippen LogP contribution in [0, 0.1) is 0 Å². The Bertz CT molecular complexity index is 1320. The fraction of sp³-hybridized carbons (Fsp3) is 0.355. The standard InChI is InChI=1S/C31H33N3O6/c1-35-31-27(34-17-25(32-33-34)20-36-18-22-11-5-2-6-12-22)29(37-19-23-13-7-3-8-14-23)28-26(39-31)21-38-30(40-28)24-15-9-4-10-16-24/h2-17,26-31H,18-21H2,1H3/t26-,27+,28-,29+,30-,31+/m1/s1. The smallest absolute Gasteiger partial charge is 0.184 e. The van der Waals surface area contributed by atoms with Crippen LogP contribution in [0.1, 0.15) is 34.7 Å². The van der Waals surface area contributed by atoms with Crippen LogP contribution in [0.4, 0.5) is 0 Å². The Morgan fingerprint density at radius 1 is 0.825 bits per heavy atom. The third kappa shape index (κ3) is 6.15. The molecule has 0 bridgehead atoms. The van der Waals surface area contributed by atoms with Gasteiger partial charge in [0, 0.05) is 12.7 Å². The summed E-state index contributed by atoms with van der Waals surface area (Å²) in [7, 11) is 1.62. The number of fused-ring (bicyclic) bond motifs is 1. The van der Waals surface area contributed by atoms with Crippen molar-refractivity contribution in [2.75, 3.05) is 13.7 Å². The average molecular weight is 544 g/mol. The lowest BCUT2D eigenvalue weighted by Gasteiger charge is -2.48. The van der Waals surface area contributed by atoms with Crippen LogP contribution in [0.2, 0.25) is 0 Å². The quantitative estimate of drug-likeness (QED) is 0.287. The molecule has 0 unspecified atom stereocenters. The van der Waals surface area contributed by atoms with E-state index in [1.807, 2.05) is 97.2 Å². The van der Waals surface area contributed by atoms with E-state index < -0.39 is 30.8 Å². The van der Waals surface area contributed by atoms with E-state index >= 15 is 0 Å². The molecular formula is C31H33N3O6. The van der Waals surface area contributed by atoms with E-state index in [0.717, 1.165) is 16.7 Å². The zero-order chi connectivity index (χ0) is 27.1. The van der Waals surface area contributed by atoms with Crippen LogP contribution in [0.15, 0.2) is 97.2 Å². The van der Waals surface area contributed by atoms with Crippen LogP contribution in [-0.2, 0) is 48.2 Å². The summed E-state index contributed by atoms with van der Waals surface area (Å²) in [5.74, 6) is 0. The summed E-state index contributed by atoms with van der Waals surface area (Å²) in [5.41, 5.74) is 3.79. The van der Waals surface area contributed by atoms with Gasteiger partial charge in [-0.3, -0.25) is 0 Å². The van der Waals surface area contributed by atoms with E-state index in [9.17, 15) is 0 Å². The summed E-state index contributed by atoms with van der Waals surface area (Å²) in [6.45, 7) is 1.55. The minimum Gasteiger partial charge on any atom is -0.370 e. The van der Waals surface area contributed by atoms with Crippen molar-refractivity contribution in [1.82, 2.24) is 15.0 Å². The highest BCUT2D eigenvalue weighted by Gasteiger charge is 2.52. The predicted molar refractivity (Wildman–Crippen MR) is 145 cm³/mol. The van der Waals surface area contributed by atoms with Gasteiger partial charge in [0.05, 0.1) is 32.6 Å². The number of hydrogen-bond donors (Lipinski definition) is 0. The molecule has 9 heteroatoms. The van der Waals surface area contributed by atoms with Crippen LogP contribution in [0.25, 0.3) is 0 Å². The molecule has 9 nitrogen and oxygen atoms in total. The third-order valence-corrected chi connectivity index (χ3v) is 7.12. The maximum atomic E-state index is 6.61. The van der Waals surface area contributed by atoms with Crippen molar-refractivity contribution in [3.63, 3.8) is 0 Å². The highest BCUT2D eigenvalue weighted by molar-refractivity contribution is 5.17. The zero-order valence-electron chi connectivity index (χ0n) is 22.3. The molecule has 0 amide bonds. The van der Waals surface area contributed by atoms with Crippen molar-refractivity contribution in [3.8, 4) is 0 Å². The molecule has 2 fully saturated rings. The van der Waals surface area contributed by atoms with Gasteiger partial charge in [0.1, 0.15) is 30.0 Å². The lowest BCUT2D eigenvalue weighted by Crippen LogP contribution is -2.60. The molecule has 40 heavy (non-hydrogen) atoms. The number of hydrogen-bond acceptors (Lipinski definition) is 8. The Hall–Kier alpha value is -3.44. The Labute approximate surface area is 233 Å². The molecule has 3 aromatic carbocycles. The molecule has 0 saturated carbocycles. The maximum Gasteiger partial charge on any atom is 0.184 e. The number of aromatic nitrogens is 3. The summed E-state index contributed by atoms with van der Waals surface area (Å²) in [4.78, 5) is 0. The SMILES string of the molecule is CO[C@H]1O[C@@H]2CO[C@@H](c3ccccc3)O[C@H]2[C@@H](OCc2ccccc2)[C@@H]1n1cc(COCc2ccccc2)nn1. The predicted octanol–water partition coefficient (Wildman–Crippen LogP) is 4.61. The van der Waals surface area contributed by atoms with Gasteiger partial charge in [0.15, 0.2) is 12.6 Å². The van der Waals surface area contributed by atoms with E-state index in [-0.39, 0.29) is 6.10 Å². The van der Waals surface area contributed by atoms with Gasteiger partial charge in [0.2, 0.25) is 0 Å². The molecule has 0 radical (unpaired) electrons. The maximum absolute atomic E-state index is 6.61. The van der Waals surface area contributed by atoms with Gasteiger partial charge in [-0.05, 0) is 11.1 Å². The van der Waals surface area contributed by atoms with E-state index in [0.29, 0.717) is 32.1 Å². The lowest BCUT2D eigenvalue weighted by molar-refractivity contribution is -0.353. The van der Waals surface area contributed by atoms with Gasteiger partial charge in [-0.2, -0.15) is 0 Å². The highest BCUT2D eigenvalue weighted by atomic mass is 16.7. The van der Waals surface area contributed by atoms with E-state index in [1.165, 1.54) is 0 Å². The molecular weight excluding hydrogens is 510 g/mol. The van der Waals surface area contributed by atoms with Crippen LogP contribution >= 0.6 is 0 Å². The zero-order valence-corrected chi connectivity index (χ0v) is 22.3. The lowest BCUT2D eigenvalue weighted by atomic mass is 9.95. The number of methoxy groups -OCH3 is 1. The molecule has 6 atom stereocenters. The minimum absolute atomic E-state index is 0.322. The van der Waals surface area contributed by atoms with Gasteiger partial charge in [-0.25, -0.2) is 4.68 Å². The summed E-state index contributed by atoms with van der Waals surface area (Å²) < 4.78 is 39.0. The van der Waals surface area contributed by atoms with E-state index in [1.54, 1.807) is 11.8 Å².